The van der Waals surface area contributed by atoms with Gasteiger partial charge in [0, 0.05) is 17.6 Å². The van der Waals surface area contributed by atoms with Gasteiger partial charge in [-0.2, -0.15) is 13.2 Å². The molecule has 0 radical (unpaired) electrons. The summed E-state index contributed by atoms with van der Waals surface area (Å²) in [4.78, 5) is 23.3. The summed E-state index contributed by atoms with van der Waals surface area (Å²) >= 11 is 0. The molecule has 0 aliphatic rings. The van der Waals surface area contributed by atoms with Gasteiger partial charge in [-0.15, -0.1) is 0 Å². The highest BCUT2D eigenvalue weighted by molar-refractivity contribution is 5.78. The predicted octanol–water partition coefficient (Wildman–Crippen LogP) is 4.63. The molecule has 33 heavy (non-hydrogen) atoms. The van der Waals surface area contributed by atoms with Crippen LogP contribution in [0.4, 0.5) is 13.2 Å². The van der Waals surface area contributed by atoms with Gasteiger partial charge >= 0.3 is 6.18 Å². The Balaban J connectivity index is 1.97. The third kappa shape index (κ3) is 5.45. The molecule has 0 aliphatic carbocycles. The summed E-state index contributed by atoms with van der Waals surface area (Å²) in [6.07, 6.45) is -4.30. The van der Waals surface area contributed by atoms with Crippen molar-refractivity contribution in [1.29, 1.82) is 0 Å². The highest BCUT2D eigenvalue weighted by Crippen LogP contribution is 2.43. The first-order valence-corrected chi connectivity index (χ1v) is 10.4. The van der Waals surface area contributed by atoms with E-state index in [1.165, 1.54) is 29.8 Å². The average molecular weight is 461 g/mol. The summed E-state index contributed by atoms with van der Waals surface area (Å²) < 4.78 is 49.3. The Bertz CT molecular complexity index is 1220. The maximum absolute atomic E-state index is 14.2. The standard InChI is InChI=1S/C25H26F3NO4/c1-17(30)14-33-19-8-6-7-18(13-19)23(2,3)15-24(32,25(26,27)28)16-29-12-11-22(31)20-9-4-5-10-21(20)29/h4-13,32H,14-16H2,1-3H3. The second-order valence-corrected chi connectivity index (χ2v) is 8.93. The van der Waals surface area contributed by atoms with Crippen molar-refractivity contribution >= 4 is 16.7 Å². The van der Waals surface area contributed by atoms with E-state index >= 15 is 0 Å². The number of aliphatic hydroxyl groups is 1. The number of hydrogen-bond acceptors (Lipinski definition) is 4. The maximum Gasteiger partial charge on any atom is 0.418 e. The summed E-state index contributed by atoms with van der Waals surface area (Å²) in [7, 11) is 0. The van der Waals surface area contributed by atoms with Gasteiger partial charge in [-0.1, -0.05) is 38.1 Å². The number of pyridine rings is 1. The van der Waals surface area contributed by atoms with E-state index in [-0.39, 0.29) is 23.2 Å². The second-order valence-electron chi connectivity index (χ2n) is 8.93. The zero-order valence-corrected chi connectivity index (χ0v) is 18.6. The highest BCUT2D eigenvalue weighted by Gasteiger charge is 2.56. The van der Waals surface area contributed by atoms with E-state index in [1.807, 2.05) is 0 Å². The van der Waals surface area contributed by atoms with Gasteiger partial charge in [0.1, 0.15) is 12.4 Å². The first-order chi connectivity index (χ1) is 15.3. The maximum atomic E-state index is 14.2. The Kier molecular flexibility index (Phi) is 6.70. The number of alkyl halides is 3. The minimum Gasteiger partial charge on any atom is -0.486 e. The van der Waals surface area contributed by atoms with Crippen LogP contribution in [0, 0.1) is 0 Å². The number of rotatable bonds is 8. The minimum atomic E-state index is -4.93. The van der Waals surface area contributed by atoms with Gasteiger partial charge in [0.05, 0.1) is 12.1 Å². The quantitative estimate of drug-likeness (QED) is 0.531. The number of ether oxygens (including phenoxy) is 1. The molecule has 0 saturated carbocycles. The second kappa shape index (κ2) is 9.02. The molecule has 0 fully saturated rings. The van der Waals surface area contributed by atoms with E-state index in [0.717, 1.165) is 0 Å². The van der Waals surface area contributed by atoms with Crippen LogP contribution in [0.3, 0.4) is 0 Å². The number of fused-ring (bicyclic) bond motifs is 1. The van der Waals surface area contributed by atoms with Crippen molar-refractivity contribution in [2.75, 3.05) is 6.61 Å². The zero-order chi connectivity index (χ0) is 24.4. The lowest BCUT2D eigenvalue weighted by Gasteiger charge is -2.38. The summed E-state index contributed by atoms with van der Waals surface area (Å²) in [6, 6.07) is 14.0. The van der Waals surface area contributed by atoms with Crippen molar-refractivity contribution in [3.05, 3.63) is 76.6 Å². The SMILES string of the molecule is CC(=O)COc1cccc(C(C)(C)CC(O)(Cn2ccc(=O)c3ccccc32)C(F)(F)F)c1. The molecule has 0 saturated heterocycles. The molecule has 8 heteroatoms. The van der Waals surface area contributed by atoms with Gasteiger partial charge in [-0.25, -0.2) is 0 Å². The topological polar surface area (TPSA) is 68.5 Å². The first-order valence-electron chi connectivity index (χ1n) is 10.4. The van der Waals surface area contributed by atoms with Gasteiger partial charge in [0.15, 0.2) is 16.8 Å². The van der Waals surface area contributed by atoms with Crippen molar-refractivity contribution in [3.63, 3.8) is 0 Å². The van der Waals surface area contributed by atoms with E-state index in [4.69, 9.17) is 4.74 Å². The molecule has 0 aliphatic heterocycles. The molecular weight excluding hydrogens is 435 g/mol. The van der Waals surface area contributed by atoms with E-state index in [2.05, 4.69) is 0 Å². The van der Waals surface area contributed by atoms with E-state index in [0.29, 0.717) is 16.8 Å². The number of benzene rings is 2. The van der Waals surface area contributed by atoms with Gasteiger partial charge in [-0.05, 0) is 48.6 Å². The van der Waals surface area contributed by atoms with Crippen LogP contribution < -0.4 is 10.2 Å². The smallest absolute Gasteiger partial charge is 0.418 e. The molecule has 3 aromatic rings. The first kappa shape index (κ1) is 24.5. The number of Topliss-reactive ketones (excluding diaryl/α,β-unsaturated/α-hetero) is 1. The van der Waals surface area contributed by atoms with E-state index in [9.17, 15) is 27.9 Å². The number of aromatic nitrogens is 1. The fourth-order valence-corrected chi connectivity index (χ4v) is 3.95. The zero-order valence-electron chi connectivity index (χ0n) is 18.6. The van der Waals surface area contributed by atoms with Gasteiger partial charge in [-0.3, -0.25) is 9.59 Å². The number of carbonyl (C=O) groups excluding carboxylic acids is 1. The Labute approximate surface area is 189 Å². The summed E-state index contributed by atoms with van der Waals surface area (Å²) in [5.41, 5.74) is -3.65. The van der Waals surface area contributed by atoms with Crippen molar-refractivity contribution in [2.24, 2.45) is 0 Å². The molecule has 1 heterocycles. The van der Waals surface area contributed by atoms with Gasteiger partial charge < -0.3 is 14.4 Å². The van der Waals surface area contributed by atoms with Crippen molar-refractivity contribution in [3.8, 4) is 5.75 Å². The Morgan fingerprint density at radius 2 is 1.76 bits per heavy atom. The molecule has 5 nitrogen and oxygen atoms in total. The molecule has 1 aromatic heterocycles. The normalized spacial score (nSPS) is 14.2. The highest BCUT2D eigenvalue weighted by atomic mass is 19.4. The van der Waals surface area contributed by atoms with Gasteiger partial charge in [0.25, 0.3) is 0 Å². The molecule has 0 spiro atoms. The molecule has 0 bridgehead atoms. The Morgan fingerprint density at radius 1 is 1.06 bits per heavy atom. The molecule has 1 unspecified atom stereocenters. The predicted molar refractivity (Wildman–Crippen MR) is 119 cm³/mol. The summed E-state index contributed by atoms with van der Waals surface area (Å²) in [5, 5.41) is 11.2. The number of halogens is 3. The van der Waals surface area contributed by atoms with Crippen molar-refractivity contribution in [2.45, 2.75) is 50.9 Å². The average Bonchev–Trinajstić information content (AvgIpc) is 2.73. The number of ketones is 1. The lowest BCUT2D eigenvalue weighted by atomic mass is 9.74. The van der Waals surface area contributed by atoms with Crippen LogP contribution in [0.1, 0.15) is 32.8 Å². The minimum absolute atomic E-state index is 0.143. The van der Waals surface area contributed by atoms with Crippen molar-refractivity contribution in [1.82, 2.24) is 4.57 Å². The molecule has 0 amide bonds. The molecule has 1 atom stereocenters. The molecule has 1 N–H and O–H groups in total. The number of para-hydroxylation sites is 1. The molecular formula is C25H26F3NO4. The van der Waals surface area contributed by atoms with Crippen LogP contribution in [0.25, 0.3) is 10.9 Å². The third-order valence-corrected chi connectivity index (χ3v) is 5.64. The van der Waals surface area contributed by atoms with Crippen LogP contribution in [-0.4, -0.2) is 33.8 Å². The lowest BCUT2D eigenvalue weighted by molar-refractivity contribution is -0.271. The number of carbonyl (C=O) groups is 1. The molecule has 176 valence electrons. The van der Waals surface area contributed by atoms with Crippen LogP contribution in [0.5, 0.6) is 5.75 Å². The summed E-state index contributed by atoms with van der Waals surface area (Å²) in [6.45, 7) is 3.67. The van der Waals surface area contributed by atoms with E-state index in [1.54, 1.807) is 56.3 Å². The Hall–Kier alpha value is -3.13. The third-order valence-electron chi connectivity index (χ3n) is 5.64. The van der Waals surface area contributed by atoms with Crippen LogP contribution >= 0.6 is 0 Å². The molecule has 2 aromatic carbocycles. The van der Waals surface area contributed by atoms with E-state index < -0.39 is 30.2 Å². The number of hydrogen-bond donors (Lipinski definition) is 1. The summed E-state index contributed by atoms with van der Waals surface area (Å²) in [5.74, 6) is 0.178. The van der Waals surface area contributed by atoms with Gasteiger partial charge in [0.2, 0.25) is 0 Å². The van der Waals surface area contributed by atoms with Crippen LogP contribution in [0.2, 0.25) is 0 Å². The van der Waals surface area contributed by atoms with Crippen LogP contribution in [-0.2, 0) is 16.8 Å². The lowest BCUT2D eigenvalue weighted by Crippen LogP contribution is -2.52. The number of nitrogens with zero attached hydrogens (tertiary/aromatic N) is 1. The molecule has 3 rings (SSSR count). The Morgan fingerprint density at radius 3 is 2.42 bits per heavy atom. The monoisotopic (exact) mass is 461 g/mol. The fraction of sp³-hybridized carbons (Fsp3) is 0.360. The largest absolute Gasteiger partial charge is 0.486 e. The van der Waals surface area contributed by atoms with Crippen LogP contribution in [0.15, 0.2) is 65.6 Å². The van der Waals surface area contributed by atoms with Crippen molar-refractivity contribution < 1.29 is 27.8 Å². The fourth-order valence-electron chi connectivity index (χ4n) is 3.95.